The van der Waals surface area contributed by atoms with E-state index in [0.717, 1.165) is 16.9 Å². The number of carbonyl (C=O) groups is 1. The number of carbonyl (C=O) groups excluding carboxylic acids is 1. The molecule has 2 aromatic rings. The van der Waals surface area contributed by atoms with Gasteiger partial charge < -0.3 is 4.90 Å². The summed E-state index contributed by atoms with van der Waals surface area (Å²) in [5.41, 5.74) is 2.08. The first kappa shape index (κ1) is 14.7. The number of likely N-dealkylation sites (N-methyl/N-ethyl adjacent to an activating group) is 1. The van der Waals surface area contributed by atoms with Crippen molar-refractivity contribution in [1.82, 2.24) is 0 Å². The molecule has 1 fully saturated rings. The van der Waals surface area contributed by atoms with Crippen LogP contribution in [0, 0.1) is 0 Å². The molecule has 0 saturated carbocycles. The Morgan fingerprint density at radius 2 is 1.87 bits per heavy atom. The van der Waals surface area contributed by atoms with Crippen molar-refractivity contribution in [2.75, 3.05) is 22.3 Å². The van der Waals surface area contributed by atoms with Crippen LogP contribution in [-0.4, -0.2) is 24.4 Å². The molecule has 2 aliphatic rings. The predicted molar refractivity (Wildman–Crippen MR) is 93.7 cm³/mol. The van der Waals surface area contributed by atoms with Crippen LogP contribution in [0.4, 0.5) is 11.4 Å². The number of anilines is 2. The van der Waals surface area contributed by atoms with Gasteiger partial charge in [-0.15, -0.1) is 0 Å². The van der Waals surface area contributed by atoms with Gasteiger partial charge in [0.05, 0.1) is 11.8 Å². The third kappa shape index (κ3) is 1.96. The molecule has 5 heteroatoms. The van der Waals surface area contributed by atoms with Crippen LogP contribution < -0.4 is 9.96 Å². The minimum absolute atomic E-state index is 0.0429. The van der Waals surface area contributed by atoms with E-state index in [4.69, 9.17) is 4.84 Å². The molecular formula is C18H17BrN2O2. The summed E-state index contributed by atoms with van der Waals surface area (Å²) in [4.78, 5) is 21.1. The predicted octanol–water partition coefficient (Wildman–Crippen LogP) is 3.46. The number of hydroxylamine groups is 1. The number of hydrogen-bond donors (Lipinski definition) is 0. The Balaban J connectivity index is 1.92. The van der Waals surface area contributed by atoms with Crippen molar-refractivity contribution in [3.63, 3.8) is 0 Å². The van der Waals surface area contributed by atoms with Crippen molar-refractivity contribution >= 4 is 33.2 Å². The van der Waals surface area contributed by atoms with Crippen molar-refractivity contribution in [3.05, 3.63) is 60.2 Å². The average Bonchev–Trinajstić information content (AvgIpc) is 3.10. The minimum Gasteiger partial charge on any atom is -0.313 e. The molecule has 4 nitrogen and oxygen atoms in total. The van der Waals surface area contributed by atoms with Crippen LogP contribution in [-0.2, 0) is 15.2 Å². The number of para-hydroxylation sites is 2. The molecule has 1 spiro atoms. The van der Waals surface area contributed by atoms with Gasteiger partial charge >= 0.3 is 0 Å². The summed E-state index contributed by atoms with van der Waals surface area (Å²) in [5, 5.41) is 2.50. The van der Waals surface area contributed by atoms with Crippen LogP contribution in [0.25, 0.3) is 0 Å². The van der Waals surface area contributed by atoms with Crippen molar-refractivity contribution in [2.45, 2.75) is 18.1 Å². The fraction of sp³-hybridized carbons (Fsp3) is 0.278. The molecule has 2 atom stereocenters. The minimum atomic E-state index is -0.787. The van der Waals surface area contributed by atoms with E-state index in [1.165, 1.54) is 0 Å². The highest BCUT2D eigenvalue weighted by molar-refractivity contribution is 9.09. The summed E-state index contributed by atoms with van der Waals surface area (Å²) in [6.45, 7) is 0. The van der Waals surface area contributed by atoms with Gasteiger partial charge in [0, 0.05) is 30.0 Å². The monoisotopic (exact) mass is 372 g/mol. The molecule has 2 heterocycles. The summed E-state index contributed by atoms with van der Waals surface area (Å²) >= 11 is 3.51. The number of nitrogens with zero attached hydrogens (tertiary/aromatic N) is 2. The fourth-order valence-electron chi connectivity index (χ4n) is 3.63. The molecule has 0 aromatic heterocycles. The smallest absolute Gasteiger partial charge is 0.259 e. The van der Waals surface area contributed by atoms with Gasteiger partial charge in [-0.05, 0) is 18.2 Å². The molecule has 118 valence electrons. The van der Waals surface area contributed by atoms with Gasteiger partial charge in [0.1, 0.15) is 0 Å². The number of alkyl halides is 1. The van der Waals surface area contributed by atoms with Crippen LogP contribution in [0.2, 0.25) is 0 Å². The lowest BCUT2D eigenvalue weighted by molar-refractivity contribution is -0.123. The Bertz CT molecular complexity index is 752. The Hall–Kier alpha value is -1.85. The first-order valence-corrected chi connectivity index (χ1v) is 8.76. The second kappa shape index (κ2) is 5.35. The van der Waals surface area contributed by atoms with Gasteiger partial charge in [0.2, 0.25) is 0 Å². The Labute approximate surface area is 143 Å². The Kier molecular flexibility index (Phi) is 3.43. The maximum absolute atomic E-state index is 13.2. The van der Waals surface area contributed by atoms with E-state index in [1.807, 2.05) is 66.7 Å². The van der Waals surface area contributed by atoms with E-state index in [-0.39, 0.29) is 12.0 Å². The summed E-state index contributed by atoms with van der Waals surface area (Å²) < 4.78 is 0. The number of amides is 1. The van der Waals surface area contributed by atoms with Gasteiger partial charge in [-0.2, -0.15) is 0 Å². The summed E-state index contributed by atoms with van der Waals surface area (Å²) in [6, 6.07) is 17.8. The van der Waals surface area contributed by atoms with Crippen LogP contribution in [0.15, 0.2) is 54.6 Å². The number of rotatable bonds is 2. The molecular weight excluding hydrogens is 356 g/mol. The molecule has 0 bridgehead atoms. The molecule has 4 rings (SSSR count). The highest BCUT2D eigenvalue weighted by Crippen LogP contribution is 2.51. The second-order valence-corrected chi connectivity index (χ2v) is 6.60. The summed E-state index contributed by atoms with van der Waals surface area (Å²) in [6.07, 6.45) is 0.589. The molecule has 2 aromatic carbocycles. The second-order valence-electron chi connectivity index (χ2n) is 5.96. The van der Waals surface area contributed by atoms with Crippen molar-refractivity contribution in [1.29, 1.82) is 0 Å². The highest BCUT2D eigenvalue weighted by atomic mass is 79.9. The summed E-state index contributed by atoms with van der Waals surface area (Å²) in [7, 11) is 1.83. The lowest BCUT2D eigenvalue weighted by Gasteiger charge is -2.33. The first-order valence-electron chi connectivity index (χ1n) is 7.64. The Morgan fingerprint density at radius 1 is 1.17 bits per heavy atom. The van der Waals surface area contributed by atoms with Crippen LogP contribution in [0.3, 0.4) is 0 Å². The largest absolute Gasteiger partial charge is 0.313 e. The third-order valence-electron chi connectivity index (χ3n) is 4.66. The van der Waals surface area contributed by atoms with Gasteiger partial charge in [-0.25, -0.2) is 5.06 Å². The van der Waals surface area contributed by atoms with E-state index in [2.05, 4.69) is 15.9 Å². The van der Waals surface area contributed by atoms with Crippen LogP contribution >= 0.6 is 15.9 Å². The van der Waals surface area contributed by atoms with E-state index in [0.29, 0.717) is 11.8 Å². The average molecular weight is 373 g/mol. The van der Waals surface area contributed by atoms with Gasteiger partial charge in [-0.1, -0.05) is 52.3 Å². The standard InChI is InChI=1S/C18H17BrN2O2/c1-20-16-10-6-5-9-15(16)18(17(20)22)11-14(12-19)23-21(18)13-7-3-2-4-8-13/h2-10,14H,11-12H2,1H3/t14?,18-/m1/s1. The van der Waals surface area contributed by atoms with E-state index < -0.39 is 5.54 Å². The van der Waals surface area contributed by atoms with E-state index in [9.17, 15) is 4.79 Å². The van der Waals surface area contributed by atoms with Crippen LogP contribution in [0.5, 0.6) is 0 Å². The van der Waals surface area contributed by atoms with E-state index >= 15 is 0 Å². The fourth-order valence-corrected chi connectivity index (χ4v) is 3.97. The van der Waals surface area contributed by atoms with Crippen molar-refractivity contribution < 1.29 is 9.63 Å². The molecule has 1 amide bonds. The van der Waals surface area contributed by atoms with Crippen molar-refractivity contribution in [3.8, 4) is 0 Å². The molecule has 1 unspecified atom stereocenters. The lowest BCUT2D eigenvalue weighted by Crippen LogP contribution is -2.48. The van der Waals surface area contributed by atoms with Gasteiger partial charge in [-0.3, -0.25) is 9.63 Å². The zero-order valence-corrected chi connectivity index (χ0v) is 14.4. The zero-order chi connectivity index (χ0) is 16.0. The molecule has 1 saturated heterocycles. The number of fused-ring (bicyclic) bond motifs is 2. The molecule has 0 aliphatic carbocycles. The third-order valence-corrected chi connectivity index (χ3v) is 5.38. The quantitative estimate of drug-likeness (QED) is 0.756. The normalized spacial score (nSPS) is 26.2. The topological polar surface area (TPSA) is 32.8 Å². The SMILES string of the molecule is CN1C(=O)[C@@]2(CC(CBr)ON2c2ccccc2)c2ccccc21. The molecule has 2 aliphatic heterocycles. The molecule has 23 heavy (non-hydrogen) atoms. The maximum Gasteiger partial charge on any atom is 0.259 e. The molecule has 0 N–H and O–H groups in total. The Morgan fingerprint density at radius 3 is 2.61 bits per heavy atom. The van der Waals surface area contributed by atoms with Gasteiger partial charge in [0.15, 0.2) is 5.54 Å². The number of benzene rings is 2. The molecule has 0 radical (unpaired) electrons. The van der Waals surface area contributed by atoms with Crippen LogP contribution in [0.1, 0.15) is 12.0 Å². The van der Waals surface area contributed by atoms with Crippen molar-refractivity contribution in [2.24, 2.45) is 0 Å². The number of hydrogen-bond acceptors (Lipinski definition) is 3. The first-order chi connectivity index (χ1) is 11.2. The summed E-state index contributed by atoms with van der Waals surface area (Å²) in [5.74, 6) is 0.0611. The lowest BCUT2D eigenvalue weighted by atomic mass is 9.86. The zero-order valence-electron chi connectivity index (χ0n) is 12.8. The highest BCUT2D eigenvalue weighted by Gasteiger charge is 2.60. The number of halogens is 1. The van der Waals surface area contributed by atoms with E-state index in [1.54, 1.807) is 4.90 Å². The maximum atomic E-state index is 13.2. The van der Waals surface area contributed by atoms with Gasteiger partial charge in [0.25, 0.3) is 5.91 Å².